The van der Waals surface area contributed by atoms with Crippen molar-refractivity contribution in [2.75, 3.05) is 0 Å². The van der Waals surface area contributed by atoms with Gasteiger partial charge in [0.2, 0.25) is 0 Å². The predicted molar refractivity (Wildman–Crippen MR) is 80.5 cm³/mol. The van der Waals surface area contributed by atoms with Crippen molar-refractivity contribution >= 4 is 5.71 Å². The zero-order valence-corrected chi connectivity index (χ0v) is 12.1. The summed E-state index contributed by atoms with van der Waals surface area (Å²) in [6, 6.07) is 12.2. The van der Waals surface area contributed by atoms with Crippen molar-refractivity contribution < 1.29 is 14.3 Å². The molecule has 0 amide bonds. The third-order valence-corrected chi connectivity index (χ3v) is 3.31. The van der Waals surface area contributed by atoms with E-state index in [0.29, 0.717) is 23.6 Å². The molecule has 0 bridgehead atoms. The van der Waals surface area contributed by atoms with Crippen LogP contribution in [0.5, 0.6) is 5.75 Å². The van der Waals surface area contributed by atoms with Crippen LogP contribution in [0.25, 0.3) is 0 Å². The molecule has 0 spiro atoms. The van der Waals surface area contributed by atoms with Gasteiger partial charge in [0.1, 0.15) is 18.2 Å². The maximum Gasteiger partial charge on any atom is 0.131 e. The van der Waals surface area contributed by atoms with E-state index in [1.54, 1.807) is 13.0 Å². The Bertz CT molecular complexity index is 636. The quantitative estimate of drug-likeness (QED) is 0.509. The number of ether oxygens (including phenoxy) is 1. The average Bonchev–Trinajstić information content (AvgIpc) is 2.52. The number of nitrogens with zero attached hydrogens (tertiary/aromatic N) is 1. The monoisotopic (exact) mass is 287 g/mol. The van der Waals surface area contributed by atoms with Gasteiger partial charge in [-0.3, -0.25) is 0 Å². The number of oxime groups is 1. The molecule has 110 valence electrons. The van der Waals surface area contributed by atoms with Crippen LogP contribution in [0.15, 0.2) is 47.6 Å². The molecule has 3 nitrogen and oxygen atoms in total. The fourth-order valence-electron chi connectivity index (χ4n) is 2.00. The van der Waals surface area contributed by atoms with E-state index in [4.69, 9.17) is 9.94 Å². The van der Waals surface area contributed by atoms with Crippen molar-refractivity contribution in [3.05, 3.63) is 65.0 Å². The molecule has 0 atom stereocenters. The van der Waals surface area contributed by atoms with Gasteiger partial charge in [0.15, 0.2) is 0 Å². The largest absolute Gasteiger partial charge is 0.488 e. The molecule has 2 aromatic carbocycles. The number of rotatable bonds is 5. The van der Waals surface area contributed by atoms with Gasteiger partial charge in [-0.05, 0) is 36.6 Å². The summed E-state index contributed by atoms with van der Waals surface area (Å²) in [5.41, 5.74) is 3.21. The Labute approximate surface area is 123 Å². The molecule has 1 N–H and O–H groups in total. The summed E-state index contributed by atoms with van der Waals surface area (Å²) in [5.74, 6) is -0.0225. The lowest BCUT2D eigenvalue weighted by Crippen LogP contribution is -2.03. The molecule has 21 heavy (non-hydrogen) atoms. The molecule has 0 unspecified atom stereocenters. The van der Waals surface area contributed by atoms with Gasteiger partial charge in [0, 0.05) is 11.6 Å². The van der Waals surface area contributed by atoms with Gasteiger partial charge in [-0.15, -0.1) is 0 Å². The van der Waals surface area contributed by atoms with E-state index in [1.165, 1.54) is 17.7 Å². The molecule has 0 aliphatic carbocycles. The van der Waals surface area contributed by atoms with Crippen LogP contribution in [0.1, 0.15) is 30.5 Å². The minimum atomic E-state index is -0.388. The highest BCUT2D eigenvalue weighted by Gasteiger charge is 2.09. The average molecular weight is 287 g/mol. The minimum absolute atomic E-state index is 0.332. The Hall–Kier alpha value is -2.36. The third-order valence-electron chi connectivity index (χ3n) is 3.31. The second-order valence-corrected chi connectivity index (χ2v) is 4.78. The van der Waals surface area contributed by atoms with E-state index in [0.717, 1.165) is 12.0 Å². The van der Waals surface area contributed by atoms with Gasteiger partial charge in [-0.2, -0.15) is 0 Å². The smallest absolute Gasteiger partial charge is 0.131 e. The second-order valence-electron chi connectivity index (χ2n) is 4.78. The van der Waals surface area contributed by atoms with Crippen molar-refractivity contribution in [2.45, 2.75) is 26.9 Å². The number of aryl methyl sites for hydroxylation is 1. The fourth-order valence-corrected chi connectivity index (χ4v) is 2.00. The SMILES string of the molecule is CCc1ccc(COc2cc(F)ccc2C(C)=NO)cc1. The number of benzene rings is 2. The standard InChI is InChI=1S/C17H18FNO2/c1-3-13-4-6-14(7-5-13)11-21-17-10-15(18)8-9-16(17)12(2)19-20/h4-10,20H,3,11H2,1-2H3. The summed E-state index contributed by atoms with van der Waals surface area (Å²) >= 11 is 0. The number of hydrogen-bond acceptors (Lipinski definition) is 3. The van der Waals surface area contributed by atoms with Gasteiger partial charge in [0.25, 0.3) is 0 Å². The first kappa shape index (κ1) is 15.0. The van der Waals surface area contributed by atoms with Crippen LogP contribution in [0, 0.1) is 5.82 Å². The Kier molecular flexibility index (Phi) is 4.93. The highest BCUT2D eigenvalue weighted by molar-refractivity contribution is 6.00. The van der Waals surface area contributed by atoms with Crippen molar-refractivity contribution in [1.29, 1.82) is 0 Å². The first-order valence-corrected chi connectivity index (χ1v) is 6.83. The van der Waals surface area contributed by atoms with Crippen LogP contribution in [0.2, 0.25) is 0 Å². The summed E-state index contributed by atoms with van der Waals surface area (Å²) in [6.45, 7) is 4.07. The Morgan fingerprint density at radius 2 is 1.81 bits per heavy atom. The highest BCUT2D eigenvalue weighted by Crippen LogP contribution is 2.22. The maximum absolute atomic E-state index is 13.4. The normalized spacial score (nSPS) is 11.5. The van der Waals surface area contributed by atoms with Crippen molar-refractivity contribution in [3.8, 4) is 5.75 Å². The van der Waals surface area contributed by atoms with Crippen molar-refractivity contribution in [3.63, 3.8) is 0 Å². The minimum Gasteiger partial charge on any atom is -0.488 e. The van der Waals surface area contributed by atoms with Crippen LogP contribution < -0.4 is 4.74 Å². The van der Waals surface area contributed by atoms with E-state index in [1.807, 2.05) is 24.3 Å². The zero-order valence-electron chi connectivity index (χ0n) is 12.1. The molecule has 0 heterocycles. The fraction of sp³-hybridized carbons (Fsp3) is 0.235. The summed E-state index contributed by atoms with van der Waals surface area (Å²) in [4.78, 5) is 0. The predicted octanol–water partition coefficient (Wildman–Crippen LogP) is 4.17. The molecular weight excluding hydrogens is 269 g/mol. The lowest BCUT2D eigenvalue weighted by molar-refractivity contribution is 0.302. The van der Waals surface area contributed by atoms with Crippen molar-refractivity contribution in [2.24, 2.45) is 5.16 Å². The molecule has 0 fully saturated rings. The third kappa shape index (κ3) is 3.81. The topological polar surface area (TPSA) is 41.8 Å². The van der Waals surface area contributed by atoms with Crippen LogP contribution in [-0.2, 0) is 13.0 Å². The van der Waals surface area contributed by atoms with Crippen LogP contribution in [-0.4, -0.2) is 10.9 Å². The zero-order chi connectivity index (χ0) is 15.2. The number of hydrogen-bond donors (Lipinski definition) is 1. The van der Waals surface area contributed by atoms with Gasteiger partial charge >= 0.3 is 0 Å². The van der Waals surface area contributed by atoms with E-state index in [2.05, 4.69) is 12.1 Å². The van der Waals surface area contributed by atoms with Crippen molar-refractivity contribution in [1.82, 2.24) is 0 Å². The molecule has 0 aliphatic rings. The molecule has 2 rings (SSSR count). The van der Waals surface area contributed by atoms with E-state index < -0.39 is 0 Å². The molecule has 2 aromatic rings. The lowest BCUT2D eigenvalue weighted by Gasteiger charge is -2.11. The Morgan fingerprint density at radius 3 is 2.43 bits per heavy atom. The number of halogens is 1. The van der Waals surface area contributed by atoms with E-state index in [-0.39, 0.29) is 5.82 Å². The molecule has 0 aliphatic heterocycles. The molecule has 0 radical (unpaired) electrons. The lowest BCUT2D eigenvalue weighted by atomic mass is 10.1. The summed E-state index contributed by atoms with van der Waals surface area (Å²) in [6.07, 6.45) is 0.987. The van der Waals surface area contributed by atoms with Gasteiger partial charge in [0.05, 0.1) is 5.71 Å². The van der Waals surface area contributed by atoms with Gasteiger partial charge in [-0.1, -0.05) is 36.3 Å². The summed E-state index contributed by atoms with van der Waals surface area (Å²) in [5, 5.41) is 12.0. The second kappa shape index (κ2) is 6.88. The van der Waals surface area contributed by atoms with E-state index >= 15 is 0 Å². The van der Waals surface area contributed by atoms with Crippen LogP contribution in [0.3, 0.4) is 0 Å². The van der Waals surface area contributed by atoms with Crippen LogP contribution >= 0.6 is 0 Å². The molecule has 0 saturated carbocycles. The first-order valence-electron chi connectivity index (χ1n) is 6.83. The molecule has 0 saturated heterocycles. The van der Waals surface area contributed by atoms with Gasteiger partial charge in [-0.25, -0.2) is 4.39 Å². The van der Waals surface area contributed by atoms with E-state index in [9.17, 15) is 4.39 Å². The summed E-state index contributed by atoms with van der Waals surface area (Å²) < 4.78 is 19.0. The molecule has 4 heteroatoms. The highest BCUT2D eigenvalue weighted by atomic mass is 19.1. The Balaban J connectivity index is 2.16. The molecule has 0 aromatic heterocycles. The Morgan fingerprint density at radius 1 is 1.14 bits per heavy atom. The van der Waals surface area contributed by atoms with Crippen LogP contribution in [0.4, 0.5) is 4.39 Å². The molecular formula is C17H18FNO2. The van der Waals surface area contributed by atoms with Gasteiger partial charge < -0.3 is 9.94 Å². The summed E-state index contributed by atoms with van der Waals surface area (Å²) in [7, 11) is 0. The maximum atomic E-state index is 13.4. The first-order chi connectivity index (χ1) is 10.1.